The third-order valence-corrected chi connectivity index (χ3v) is 6.28. The number of carbonyl (C=O) groups excluding carboxylic acids is 1. The summed E-state index contributed by atoms with van der Waals surface area (Å²) in [6, 6.07) is -0.380. The Labute approximate surface area is 164 Å². The number of nitrogens with one attached hydrogen (secondary N) is 1. The molecule has 2 N–H and O–H groups in total. The molecule has 0 bridgehead atoms. The molecule has 2 heterocycles. The van der Waals surface area contributed by atoms with Gasteiger partial charge in [0.2, 0.25) is 12.0 Å². The van der Waals surface area contributed by atoms with Gasteiger partial charge in [-0.05, 0) is 30.1 Å². The summed E-state index contributed by atoms with van der Waals surface area (Å²) in [5.41, 5.74) is 2.26. The summed E-state index contributed by atoms with van der Waals surface area (Å²) in [6.07, 6.45) is 6.97. The van der Waals surface area contributed by atoms with Crippen LogP contribution in [0.5, 0.6) is 0 Å². The summed E-state index contributed by atoms with van der Waals surface area (Å²) in [6.45, 7) is 8.02. The summed E-state index contributed by atoms with van der Waals surface area (Å²) in [4.78, 5) is 17.3. The summed E-state index contributed by atoms with van der Waals surface area (Å²) in [5.74, 6) is 0.446. The van der Waals surface area contributed by atoms with Crippen molar-refractivity contribution in [3.8, 4) is 5.82 Å². The van der Waals surface area contributed by atoms with E-state index in [2.05, 4.69) is 22.3 Å². The van der Waals surface area contributed by atoms with Gasteiger partial charge in [0.05, 0.1) is 24.5 Å². The van der Waals surface area contributed by atoms with Gasteiger partial charge in [0.25, 0.3) is 5.91 Å². The zero-order valence-corrected chi connectivity index (χ0v) is 16.8. The first-order valence-corrected chi connectivity index (χ1v) is 9.73. The van der Waals surface area contributed by atoms with Crippen molar-refractivity contribution in [1.82, 2.24) is 20.1 Å². The van der Waals surface area contributed by atoms with Crippen LogP contribution in [-0.2, 0) is 6.42 Å². The molecule has 8 nitrogen and oxygen atoms in total. The second kappa shape index (κ2) is 6.27. The molecule has 150 valence electrons. The van der Waals surface area contributed by atoms with Gasteiger partial charge in [0.1, 0.15) is 0 Å². The number of rotatable bonds is 4. The van der Waals surface area contributed by atoms with Crippen LogP contribution in [0.25, 0.3) is 5.82 Å². The minimum atomic E-state index is -0.380. The fraction of sp³-hybridized carbons (Fsp3) is 0.600. The molecule has 0 aliphatic heterocycles. The van der Waals surface area contributed by atoms with E-state index in [1.165, 1.54) is 18.6 Å². The Morgan fingerprint density at radius 2 is 2.29 bits per heavy atom. The van der Waals surface area contributed by atoms with E-state index in [1.807, 2.05) is 20.8 Å². The van der Waals surface area contributed by atoms with Crippen LogP contribution in [-0.4, -0.2) is 38.4 Å². The summed E-state index contributed by atoms with van der Waals surface area (Å²) in [7, 11) is 0. The normalized spacial score (nSPS) is 24.2. The molecule has 0 saturated heterocycles. The molecule has 2 aromatic heterocycles. The van der Waals surface area contributed by atoms with E-state index < -0.39 is 0 Å². The SMILES string of the molecule is CC(C)(C)[C@@H](CO)NC(=O)c1nn(-c2c[n+]([O-])ccn2)c2c1CC[C@]1(C)C[C@H]21. The first-order chi connectivity index (χ1) is 13.1. The second-order valence-corrected chi connectivity index (χ2v) is 9.38. The Kier molecular flexibility index (Phi) is 4.22. The van der Waals surface area contributed by atoms with Crippen LogP contribution in [0.3, 0.4) is 0 Å². The quantitative estimate of drug-likeness (QED) is 0.612. The molecule has 2 aliphatic carbocycles. The maximum absolute atomic E-state index is 13.1. The number of carbonyl (C=O) groups is 1. The van der Waals surface area contributed by atoms with Crippen molar-refractivity contribution in [1.29, 1.82) is 0 Å². The van der Waals surface area contributed by atoms with Crippen molar-refractivity contribution in [3.63, 3.8) is 0 Å². The highest BCUT2D eigenvalue weighted by molar-refractivity contribution is 5.94. The highest BCUT2D eigenvalue weighted by Crippen LogP contribution is 2.65. The molecule has 1 saturated carbocycles. The lowest BCUT2D eigenvalue weighted by Crippen LogP contribution is -2.46. The van der Waals surface area contributed by atoms with Gasteiger partial charge in [-0.3, -0.25) is 4.79 Å². The van der Waals surface area contributed by atoms with Crippen molar-refractivity contribution in [2.75, 3.05) is 6.61 Å². The fourth-order valence-electron chi connectivity index (χ4n) is 4.18. The molecular weight excluding hydrogens is 358 g/mol. The number of hydrogen-bond donors (Lipinski definition) is 2. The van der Waals surface area contributed by atoms with E-state index in [0.29, 0.717) is 22.2 Å². The van der Waals surface area contributed by atoms with Crippen molar-refractivity contribution in [2.45, 2.75) is 58.9 Å². The maximum Gasteiger partial charge on any atom is 0.272 e. The molecule has 3 atom stereocenters. The zero-order chi connectivity index (χ0) is 20.3. The molecule has 4 rings (SSSR count). The molecule has 0 aromatic carbocycles. The fourth-order valence-corrected chi connectivity index (χ4v) is 4.18. The Hall–Kier alpha value is -2.48. The predicted octanol–water partition coefficient (Wildman–Crippen LogP) is 1.48. The molecule has 0 unspecified atom stereocenters. The summed E-state index contributed by atoms with van der Waals surface area (Å²) >= 11 is 0. The standard InChI is InChI=1S/C20H27N5O3/c1-19(2,3)14(11-26)22-18(27)16-12-5-6-20(4)9-13(20)17(12)25(23-16)15-10-24(28)8-7-21-15/h7-8,10,13-14,26H,5-6,9,11H2,1-4H3,(H,22,27)/t13-,14-,20-/m1/s1. The van der Waals surface area contributed by atoms with Gasteiger partial charge < -0.3 is 15.6 Å². The second-order valence-electron chi connectivity index (χ2n) is 9.38. The molecule has 0 spiro atoms. The Balaban J connectivity index is 1.76. The zero-order valence-electron chi connectivity index (χ0n) is 16.8. The minimum absolute atomic E-state index is 0.144. The van der Waals surface area contributed by atoms with Gasteiger partial charge in [-0.2, -0.15) is 9.83 Å². The van der Waals surface area contributed by atoms with Crippen LogP contribution in [0.15, 0.2) is 18.6 Å². The Bertz CT molecular complexity index is 932. The highest BCUT2D eigenvalue weighted by Gasteiger charge is 2.56. The van der Waals surface area contributed by atoms with Gasteiger partial charge in [-0.1, -0.05) is 27.7 Å². The predicted molar refractivity (Wildman–Crippen MR) is 102 cm³/mol. The average molecular weight is 385 g/mol. The van der Waals surface area contributed by atoms with Gasteiger partial charge in [-0.15, -0.1) is 0 Å². The lowest BCUT2D eigenvalue weighted by Gasteiger charge is -2.29. The number of aromatic nitrogens is 4. The number of aliphatic hydroxyl groups excluding tert-OH is 1. The first-order valence-electron chi connectivity index (χ1n) is 9.73. The van der Waals surface area contributed by atoms with Gasteiger partial charge in [-0.25, -0.2) is 9.67 Å². The summed E-state index contributed by atoms with van der Waals surface area (Å²) < 4.78 is 2.35. The van der Waals surface area contributed by atoms with E-state index >= 15 is 0 Å². The number of aliphatic hydroxyl groups is 1. The van der Waals surface area contributed by atoms with Crippen LogP contribution < -0.4 is 10.0 Å². The number of hydrogen-bond acceptors (Lipinski definition) is 5. The molecule has 0 radical (unpaired) electrons. The van der Waals surface area contributed by atoms with Crippen molar-refractivity contribution in [2.24, 2.45) is 10.8 Å². The van der Waals surface area contributed by atoms with Crippen molar-refractivity contribution >= 4 is 5.91 Å². The van der Waals surface area contributed by atoms with Crippen molar-refractivity contribution in [3.05, 3.63) is 40.7 Å². The van der Waals surface area contributed by atoms with Crippen molar-refractivity contribution < 1.29 is 14.6 Å². The van der Waals surface area contributed by atoms with Crippen LogP contribution >= 0.6 is 0 Å². The Morgan fingerprint density at radius 3 is 2.93 bits per heavy atom. The Morgan fingerprint density at radius 1 is 1.54 bits per heavy atom. The third-order valence-electron chi connectivity index (χ3n) is 6.28. The first kappa shape index (κ1) is 18.9. The molecule has 1 amide bonds. The molecule has 1 fully saturated rings. The lowest BCUT2D eigenvalue weighted by atomic mass is 9.86. The largest absolute Gasteiger partial charge is 0.619 e. The van der Waals surface area contributed by atoms with Crippen LogP contribution in [0.2, 0.25) is 0 Å². The number of fused-ring (bicyclic) bond motifs is 3. The lowest BCUT2D eigenvalue weighted by molar-refractivity contribution is -0.605. The van der Waals surface area contributed by atoms with Crippen LogP contribution in [0, 0.1) is 16.0 Å². The monoisotopic (exact) mass is 385 g/mol. The van der Waals surface area contributed by atoms with E-state index in [4.69, 9.17) is 0 Å². The summed E-state index contributed by atoms with van der Waals surface area (Å²) in [5, 5.41) is 29.0. The number of nitrogens with zero attached hydrogens (tertiary/aromatic N) is 4. The topological polar surface area (TPSA) is 107 Å². The van der Waals surface area contributed by atoms with Gasteiger partial charge in [0, 0.05) is 11.5 Å². The van der Waals surface area contributed by atoms with E-state index in [9.17, 15) is 15.1 Å². The van der Waals surface area contributed by atoms with Crippen LogP contribution in [0.4, 0.5) is 0 Å². The maximum atomic E-state index is 13.1. The van der Waals surface area contributed by atoms with E-state index in [0.717, 1.165) is 30.5 Å². The average Bonchev–Trinajstić information content (AvgIpc) is 3.17. The highest BCUT2D eigenvalue weighted by atomic mass is 16.5. The number of amides is 1. The molecular formula is C20H27N5O3. The minimum Gasteiger partial charge on any atom is -0.619 e. The van der Waals surface area contributed by atoms with Gasteiger partial charge >= 0.3 is 0 Å². The molecule has 8 heteroatoms. The van der Waals surface area contributed by atoms with E-state index in [-0.39, 0.29) is 29.4 Å². The van der Waals surface area contributed by atoms with Crippen LogP contribution in [0.1, 0.15) is 68.2 Å². The molecule has 2 aliphatic rings. The molecule has 2 aromatic rings. The van der Waals surface area contributed by atoms with E-state index in [1.54, 1.807) is 4.68 Å². The molecule has 28 heavy (non-hydrogen) atoms. The third kappa shape index (κ3) is 3.05. The smallest absolute Gasteiger partial charge is 0.272 e. The van der Waals surface area contributed by atoms with Gasteiger partial charge in [0.15, 0.2) is 11.9 Å².